The average molecular weight is 292 g/mol. The van der Waals surface area contributed by atoms with Crippen molar-refractivity contribution in [2.24, 2.45) is 10.2 Å². The molecule has 0 aliphatic carbocycles. The normalized spacial score (nSPS) is 12.1. The molecule has 110 valence electrons. The second kappa shape index (κ2) is 5.68. The topological polar surface area (TPSA) is 24.7 Å². The maximum Gasteiger partial charge on any atom is 0.418 e. The van der Waals surface area contributed by atoms with Crippen LogP contribution in [0.5, 0.6) is 0 Å². The van der Waals surface area contributed by atoms with Crippen molar-refractivity contribution in [2.45, 2.75) is 26.9 Å². The summed E-state index contributed by atoms with van der Waals surface area (Å²) in [7, 11) is 0. The van der Waals surface area contributed by atoms with Crippen LogP contribution in [0.4, 0.5) is 24.5 Å². The van der Waals surface area contributed by atoms with E-state index in [1.54, 1.807) is 19.1 Å². The predicted octanol–water partition coefficient (Wildman–Crippen LogP) is 6.05. The van der Waals surface area contributed by atoms with Gasteiger partial charge in [-0.2, -0.15) is 18.3 Å². The van der Waals surface area contributed by atoms with E-state index in [4.69, 9.17) is 0 Å². The molecule has 0 fully saturated rings. The van der Waals surface area contributed by atoms with Gasteiger partial charge in [0.2, 0.25) is 0 Å². The smallest absolute Gasteiger partial charge is 0.166 e. The number of halogens is 3. The van der Waals surface area contributed by atoms with Crippen molar-refractivity contribution in [3.05, 3.63) is 58.7 Å². The number of aryl methyl sites for hydroxylation is 3. The minimum Gasteiger partial charge on any atom is -0.166 e. The summed E-state index contributed by atoms with van der Waals surface area (Å²) in [6.07, 6.45) is -4.44. The van der Waals surface area contributed by atoms with Crippen LogP contribution in [0.3, 0.4) is 0 Å². The summed E-state index contributed by atoms with van der Waals surface area (Å²) in [5.41, 5.74) is 2.10. The maximum atomic E-state index is 13.0. The SMILES string of the molecule is Cc1ccc(N=Nc2ccc(C)cc2C(F)(F)F)c(C)c1. The molecule has 0 bridgehead atoms. The first kappa shape index (κ1) is 15.2. The Bertz CT molecular complexity index is 688. The van der Waals surface area contributed by atoms with Gasteiger partial charge in [0.25, 0.3) is 0 Å². The number of nitrogens with zero attached hydrogens (tertiary/aromatic N) is 2. The highest BCUT2D eigenvalue weighted by Gasteiger charge is 2.33. The van der Waals surface area contributed by atoms with E-state index < -0.39 is 11.7 Å². The molecule has 0 atom stereocenters. The third-order valence-electron chi connectivity index (χ3n) is 3.08. The zero-order valence-corrected chi connectivity index (χ0v) is 12.0. The Morgan fingerprint density at radius 1 is 0.762 bits per heavy atom. The largest absolute Gasteiger partial charge is 0.418 e. The second-order valence-corrected chi connectivity index (χ2v) is 5.01. The Labute approximate surface area is 121 Å². The predicted molar refractivity (Wildman–Crippen MR) is 76.3 cm³/mol. The number of benzene rings is 2. The Morgan fingerprint density at radius 2 is 1.29 bits per heavy atom. The monoisotopic (exact) mass is 292 g/mol. The van der Waals surface area contributed by atoms with Crippen molar-refractivity contribution in [1.29, 1.82) is 0 Å². The summed E-state index contributed by atoms with van der Waals surface area (Å²) in [6.45, 7) is 5.40. The molecule has 0 N–H and O–H groups in total. The molecule has 0 aliphatic heterocycles. The lowest BCUT2D eigenvalue weighted by molar-refractivity contribution is -0.137. The van der Waals surface area contributed by atoms with E-state index in [-0.39, 0.29) is 5.69 Å². The molecular formula is C16H15F3N2. The van der Waals surface area contributed by atoms with Gasteiger partial charge >= 0.3 is 6.18 Å². The summed E-state index contributed by atoms with van der Waals surface area (Å²) in [5.74, 6) is 0. The van der Waals surface area contributed by atoms with Crippen molar-refractivity contribution >= 4 is 11.4 Å². The van der Waals surface area contributed by atoms with Crippen LogP contribution < -0.4 is 0 Å². The molecule has 0 aliphatic rings. The van der Waals surface area contributed by atoms with Crippen molar-refractivity contribution in [2.75, 3.05) is 0 Å². The minimum atomic E-state index is -4.44. The Kier molecular flexibility index (Phi) is 4.11. The molecule has 21 heavy (non-hydrogen) atoms. The van der Waals surface area contributed by atoms with E-state index in [0.29, 0.717) is 11.3 Å². The van der Waals surface area contributed by atoms with Gasteiger partial charge < -0.3 is 0 Å². The molecular weight excluding hydrogens is 277 g/mol. The van der Waals surface area contributed by atoms with E-state index >= 15 is 0 Å². The molecule has 2 nitrogen and oxygen atoms in total. The van der Waals surface area contributed by atoms with Gasteiger partial charge in [-0.15, -0.1) is 5.11 Å². The molecule has 2 aromatic rings. The van der Waals surface area contributed by atoms with Crippen LogP contribution in [0.2, 0.25) is 0 Å². The van der Waals surface area contributed by atoms with Gasteiger partial charge in [0.05, 0.1) is 16.9 Å². The molecule has 0 radical (unpaired) electrons. The molecule has 0 unspecified atom stereocenters. The third kappa shape index (κ3) is 3.68. The van der Waals surface area contributed by atoms with Gasteiger partial charge in [-0.25, -0.2) is 0 Å². The summed E-state index contributed by atoms with van der Waals surface area (Å²) in [5, 5.41) is 7.73. The number of azo groups is 1. The van der Waals surface area contributed by atoms with Gasteiger partial charge in [0.1, 0.15) is 0 Å². The Balaban J connectivity index is 2.41. The zero-order valence-electron chi connectivity index (χ0n) is 12.0. The first-order valence-corrected chi connectivity index (χ1v) is 6.44. The molecule has 2 rings (SSSR count). The van der Waals surface area contributed by atoms with Crippen LogP contribution in [0, 0.1) is 20.8 Å². The first-order valence-electron chi connectivity index (χ1n) is 6.44. The van der Waals surface area contributed by atoms with Crippen molar-refractivity contribution < 1.29 is 13.2 Å². The lowest BCUT2D eigenvalue weighted by atomic mass is 10.1. The van der Waals surface area contributed by atoms with E-state index in [0.717, 1.165) is 17.2 Å². The fourth-order valence-corrected chi connectivity index (χ4v) is 1.99. The van der Waals surface area contributed by atoms with E-state index in [1.807, 2.05) is 26.0 Å². The lowest BCUT2D eigenvalue weighted by Crippen LogP contribution is -2.05. The quantitative estimate of drug-likeness (QED) is 0.602. The van der Waals surface area contributed by atoms with Gasteiger partial charge in [0.15, 0.2) is 0 Å². The van der Waals surface area contributed by atoms with Crippen LogP contribution in [0.15, 0.2) is 46.6 Å². The van der Waals surface area contributed by atoms with Crippen LogP contribution in [0.25, 0.3) is 0 Å². The summed E-state index contributed by atoms with van der Waals surface area (Å²) < 4.78 is 39.0. The van der Waals surface area contributed by atoms with Crippen LogP contribution in [0.1, 0.15) is 22.3 Å². The van der Waals surface area contributed by atoms with Gasteiger partial charge in [0, 0.05) is 0 Å². The molecule has 5 heteroatoms. The van der Waals surface area contributed by atoms with E-state index in [2.05, 4.69) is 10.2 Å². The van der Waals surface area contributed by atoms with E-state index in [9.17, 15) is 13.2 Å². The van der Waals surface area contributed by atoms with Crippen molar-refractivity contribution in [1.82, 2.24) is 0 Å². The molecule has 0 saturated carbocycles. The highest BCUT2D eigenvalue weighted by Crippen LogP contribution is 2.37. The summed E-state index contributed by atoms with van der Waals surface area (Å²) >= 11 is 0. The Hall–Kier alpha value is -2.17. The maximum absolute atomic E-state index is 13.0. The minimum absolute atomic E-state index is 0.173. The average Bonchev–Trinajstić information content (AvgIpc) is 2.38. The second-order valence-electron chi connectivity index (χ2n) is 5.01. The highest BCUT2D eigenvalue weighted by molar-refractivity contribution is 5.51. The lowest BCUT2D eigenvalue weighted by Gasteiger charge is -2.10. The van der Waals surface area contributed by atoms with Crippen molar-refractivity contribution in [3.8, 4) is 0 Å². The van der Waals surface area contributed by atoms with Crippen LogP contribution >= 0.6 is 0 Å². The van der Waals surface area contributed by atoms with Crippen molar-refractivity contribution in [3.63, 3.8) is 0 Å². The number of alkyl halides is 3. The third-order valence-corrected chi connectivity index (χ3v) is 3.08. The standard InChI is InChI=1S/C16H15F3N2/c1-10-4-6-14(12(3)8-10)20-21-15-7-5-11(2)9-13(15)16(17,18)19/h4-9H,1-3H3. The zero-order chi connectivity index (χ0) is 15.6. The van der Waals surface area contributed by atoms with Crippen LogP contribution in [-0.4, -0.2) is 0 Å². The first-order chi connectivity index (χ1) is 9.77. The molecule has 0 saturated heterocycles. The fourth-order valence-electron chi connectivity index (χ4n) is 1.99. The molecule has 0 heterocycles. The van der Waals surface area contributed by atoms with Crippen LogP contribution in [-0.2, 0) is 6.18 Å². The van der Waals surface area contributed by atoms with Gasteiger partial charge in [-0.3, -0.25) is 0 Å². The number of hydrogen-bond acceptors (Lipinski definition) is 2. The molecule has 0 amide bonds. The fraction of sp³-hybridized carbons (Fsp3) is 0.250. The number of rotatable bonds is 2. The van der Waals surface area contributed by atoms with E-state index in [1.165, 1.54) is 6.07 Å². The number of hydrogen-bond donors (Lipinski definition) is 0. The van der Waals surface area contributed by atoms with Gasteiger partial charge in [-0.1, -0.05) is 29.3 Å². The summed E-state index contributed by atoms with van der Waals surface area (Å²) in [6, 6.07) is 9.51. The summed E-state index contributed by atoms with van der Waals surface area (Å²) in [4.78, 5) is 0. The molecule has 0 aromatic heterocycles. The Morgan fingerprint density at radius 3 is 1.86 bits per heavy atom. The highest BCUT2D eigenvalue weighted by atomic mass is 19.4. The van der Waals surface area contributed by atoms with Gasteiger partial charge in [-0.05, 0) is 44.5 Å². The molecule has 0 spiro atoms. The molecule has 2 aromatic carbocycles.